The predicted octanol–water partition coefficient (Wildman–Crippen LogP) is 3.78. The molecule has 0 aromatic heterocycles. The topological polar surface area (TPSA) is 75.4 Å². The number of carbonyl (C=O) groups excluding carboxylic acids is 2. The molecule has 0 bridgehead atoms. The fourth-order valence-electron chi connectivity index (χ4n) is 3.50. The lowest BCUT2D eigenvalue weighted by molar-refractivity contribution is -0.143. The number of amides is 2. The third-order valence-electron chi connectivity index (χ3n) is 5.46. The summed E-state index contributed by atoms with van der Waals surface area (Å²) in [6, 6.07) is 0.960. The molecule has 2 fully saturated rings. The molecule has 1 aromatic carbocycles. The van der Waals surface area contributed by atoms with Crippen LogP contribution in [0.15, 0.2) is 18.2 Å². The van der Waals surface area contributed by atoms with E-state index in [9.17, 15) is 35.9 Å². The van der Waals surface area contributed by atoms with Crippen molar-refractivity contribution in [1.29, 1.82) is 0 Å². The SMILES string of the molecule is NC1(C(=O)N2CCC(CC(=O)Nc3cc(C(F)(F)F)cc(C(F)(F)F)c3)CC2)CC1. The molecular weight excluding hydrogens is 416 g/mol. The number of nitrogens with two attached hydrogens (primary N) is 1. The Labute approximate surface area is 168 Å². The molecule has 166 valence electrons. The van der Waals surface area contributed by atoms with E-state index < -0.39 is 40.6 Å². The summed E-state index contributed by atoms with van der Waals surface area (Å²) in [6.07, 6.45) is -7.73. The van der Waals surface area contributed by atoms with Gasteiger partial charge in [-0.2, -0.15) is 26.3 Å². The highest BCUT2D eigenvalue weighted by Crippen LogP contribution is 2.38. The minimum Gasteiger partial charge on any atom is -0.341 e. The molecule has 0 radical (unpaired) electrons. The first kappa shape index (κ1) is 22.4. The summed E-state index contributed by atoms with van der Waals surface area (Å²) in [4.78, 5) is 26.1. The first-order valence-electron chi connectivity index (χ1n) is 9.45. The highest BCUT2D eigenvalue weighted by atomic mass is 19.4. The highest BCUT2D eigenvalue weighted by Gasteiger charge is 2.48. The van der Waals surface area contributed by atoms with Gasteiger partial charge in [-0.3, -0.25) is 9.59 Å². The van der Waals surface area contributed by atoms with E-state index in [1.165, 1.54) is 0 Å². The molecule has 1 aliphatic carbocycles. The highest BCUT2D eigenvalue weighted by molar-refractivity contribution is 5.91. The first-order valence-corrected chi connectivity index (χ1v) is 9.45. The Morgan fingerprint density at radius 3 is 1.93 bits per heavy atom. The van der Waals surface area contributed by atoms with Crippen molar-refractivity contribution in [1.82, 2.24) is 4.90 Å². The summed E-state index contributed by atoms with van der Waals surface area (Å²) in [5, 5.41) is 2.14. The van der Waals surface area contributed by atoms with Gasteiger partial charge in [0.25, 0.3) is 0 Å². The number of piperidine rings is 1. The number of hydrogen-bond acceptors (Lipinski definition) is 3. The lowest BCUT2D eigenvalue weighted by Gasteiger charge is -2.33. The van der Waals surface area contributed by atoms with E-state index in [0.29, 0.717) is 50.9 Å². The number of nitrogens with zero attached hydrogens (tertiary/aromatic N) is 1. The van der Waals surface area contributed by atoms with E-state index >= 15 is 0 Å². The van der Waals surface area contributed by atoms with Crippen LogP contribution in [0.25, 0.3) is 0 Å². The van der Waals surface area contributed by atoms with Gasteiger partial charge in [0.2, 0.25) is 11.8 Å². The summed E-state index contributed by atoms with van der Waals surface area (Å²) >= 11 is 0. The standard InChI is InChI=1S/C19H21F6N3O2/c20-18(21,22)12-8-13(19(23,24)25)10-14(9-12)27-15(29)7-11-1-5-28(6-2-11)16(30)17(26)3-4-17/h8-11H,1-7,26H2,(H,27,29). The number of nitrogens with one attached hydrogen (secondary N) is 1. The monoisotopic (exact) mass is 437 g/mol. The van der Waals surface area contributed by atoms with Gasteiger partial charge < -0.3 is 16.0 Å². The van der Waals surface area contributed by atoms with Crippen molar-refractivity contribution >= 4 is 17.5 Å². The molecule has 0 spiro atoms. The lowest BCUT2D eigenvalue weighted by Crippen LogP contribution is -2.48. The Morgan fingerprint density at radius 2 is 1.50 bits per heavy atom. The average molecular weight is 437 g/mol. The number of anilines is 1. The van der Waals surface area contributed by atoms with Gasteiger partial charge in [-0.15, -0.1) is 0 Å². The largest absolute Gasteiger partial charge is 0.416 e. The molecule has 1 saturated carbocycles. The van der Waals surface area contributed by atoms with Gasteiger partial charge in [0, 0.05) is 25.2 Å². The zero-order valence-electron chi connectivity index (χ0n) is 15.9. The molecule has 3 N–H and O–H groups in total. The molecule has 0 unspecified atom stereocenters. The van der Waals surface area contributed by atoms with Gasteiger partial charge in [0.05, 0.1) is 16.7 Å². The molecule has 1 aromatic rings. The maximum absolute atomic E-state index is 12.9. The number of benzene rings is 1. The molecule has 0 atom stereocenters. The van der Waals surface area contributed by atoms with E-state index in [4.69, 9.17) is 5.73 Å². The van der Waals surface area contributed by atoms with Crippen LogP contribution in [0.1, 0.15) is 43.2 Å². The second kappa shape index (κ2) is 7.75. The van der Waals surface area contributed by atoms with Crippen LogP contribution in [-0.2, 0) is 21.9 Å². The van der Waals surface area contributed by atoms with Crippen LogP contribution in [0, 0.1) is 5.92 Å². The third-order valence-corrected chi connectivity index (χ3v) is 5.46. The zero-order valence-corrected chi connectivity index (χ0v) is 15.9. The minimum atomic E-state index is -4.98. The van der Waals surface area contributed by atoms with Gasteiger partial charge >= 0.3 is 12.4 Å². The maximum atomic E-state index is 12.9. The summed E-state index contributed by atoms with van der Waals surface area (Å²) in [7, 11) is 0. The van der Waals surface area contributed by atoms with Crippen LogP contribution >= 0.6 is 0 Å². The van der Waals surface area contributed by atoms with E-state index in [-0.39, 0.29) is 24.3 Å². The quantitative estimate of drug-likeness (QED) is 0.704. The smallest absolute Gasteiger partial charge is 0.341 e. The van der Waals surface area contributed by atoms with Gasteiger partial charge in [-0.25, -0.2) is 0 Å². The normalized spacial score (nSPS) is 19.5. The van der Waals surface area contributed by atoms with Crippen LogP contribution in [0.4, 0.5) is 32.0 Å². The van der Waals surface area contributed by atoms with Crippen LogP contribution in [0.2, 0.25) is 0 Å². The molecular formula is C19H21F6N3O2. The molecule has 11 heteroatoms. The van der Waals surface area contributed by atoms with Gasteiger partial charge in [0.1, 0.15) is 0 Å². The van der Waals surface area contributed by atoms with E-state index in [0.717, 1.165) is 0 Å². The Hall–Kier alpha value is -2.30. The van der Waals surface area contributed by atoms with Crippen molar-refractivity contribution < 1.29 is 35.9 Å². The first-order chi connectivity index (χ1) is 13.8. The lowest BCUT2D eigenvalue weighted by atomic mass is 9.92. The second-order valence-corrected chi connectivity index (χ2v) is 7.94. The molecule has 5 nitrogen and oxygen atoms in total. The number of halogens is 6. The fraction of sp³-hybridized carbons (Fsp3) is 0.579. The number of hydrogen-bond donors (Lipinski definition) is 2. The van der Waals surface area contributed by atoms with Gasteiger partial charge in [0.15, 0.2) is 0 Å². The Kier molecular flexibility index (Phi) is 5.78. The third kappa shape index (κ3) is 5.24. The van der Waals surface area contributed by atoms with Crippen molar-refractivity contribution in [3.63, 3.8) is 0 Å². The summed E-state index contributed by atoms with van der Waals surface area (Å²) < 4.78 is 77.5. The summed E-state index contributed by atoms with van der Waals surface area (Å²) in [5.74, 6) is -0.923. The van der Waals surface area contributed by atoms with Crippen molar-refractivity contribution in [3.8, 4) is 0 Å². The Balaban J connectivity index is 1.60. The molecule has 30 heavy (non-hydrogen) atoms. The average Bonchev–Trinajstić information content (AvgIpc) is 3.38. The summed E-state index contributed by atoms with van der Waals surface area (Å²) in [6.45, 7) is 0.828. The van der Waals surface area contributed by atoms with E-state index in [1.807, 2.05) is 0 Å². The van der Waals surface area contributed by atoms with Crippen molar-refractivity contribution in [2.75, 3.05) is 18.4 Å². The predicted molar refractivity (Wildman–Crippen MR) is 95.1 cm³/mol. The van der Waals surface area contributed by atoms with Crippen LogP contribution in [-0.4, -0.2) is 35.3 Å². The van der Waals surface area contributed by atoms with Crippen molar-refractivity contribution in [3.05, 3.63) is 29.3 Å². The number of likely N-dealkylation sites (tertiary alicyclic amines) is 1. The number of rotatable bonds is 4. The van der Waals surface area contributed by atoms with E-state index in [1.54, 1.807) is 4.90 Å². The maximum Gasteiger partial charge on any atom is 0.416 e. The fourth-order valence-corrected chi connectivity index (χ4v) is 3.50. The minimum absolute atomic E-state index is 0.00642. The van der Waals surface area contributed by atoms with Crippen LogP contribution in [0.5, 0.6) is 0 Å². The Morgan fingerprint density at radius 1 is 1.00 bits per heavy atom. The molecule has 1 heterocycles. The van der Waals surface area contributed by atoms with Crippen LogP contribution in [0.3, 0.4) is 0 Å². The number of carbonyl (C=O) groups is 2. The molecule has 2 amide bonds. The van der Waals surface area contributed by atoms with E-state index in [2.05, 4.69) is 5.32 Å². The molecule has 1 saturated heterocycles. The molecule has 2 aliphatic rings. The van der Waals surface area contributed by atoms with Crippen LogP contribution < -0.4 is 11.1 Å². The summed E-state index contributed by atoms with van der Waals surface area (Å²) in [5.41, 5.74) is 1.58. The number of alkyl halides is 6. The van der Waals surface area contributed by atoms with Gasteiger partial charge in [-0.05, 0) is 49.8 Å². The molecule has 3 rings (SSSR count). The zero-order chi connectivity index (χ0) is 22.3. The second-order valence-electron chi connectivity index (χ2n) is 7.94. The molecule has 1 aliphatic heterocycles. The van der Waals surface area contributed by atoms with Crippen molar-refractivity contribution in [2.45, 2.75) is 50.0 Å². The van der Waals surface area contributed by atoms with Gasteiger partial charge in [-0.1, -0.05) is 0 Å². The Bertz CT molecular complexity index is 792. The van der Waals surface area contributed by atoms with Crippen molar-refractivity contribution in [2.24, 2.45) is 11.7 Å².